The van der Waals surface area contributed by atoms with E-state index in [1.54, 1.807) is 24.3 Å². The van der Waals surface area contributed by atoms with Gasteiger partial charge in [-0.25, -0.2) is 0 Å². The van der Waals surface area contributed by atoms with Gasteiger partial charge < -0.3 is 15.4 Å². The highest BCUT2D eigenvalue weighted by Crippen LogP contribution is 2.17. The minimum absolute atomic E-state index is 0.0243. The van der Waals surface area contributed by atoms with E-state index in [1.165, 1.54) is 6.92 Å². The lowest BCUT2D eigenvalue weighted by Crippen LogP contribution is -2.29. The quantitative estimate of drug-likeness (QED) is 0.805. The van der Waals surface area contributed by atoms with Crippen LogP contribution in [0.1, 0.15) is 20.3 Å². The lowest BCUT2D eigenvalue weighted by atomic mass is 10.3. The maximum absolute atomic E-state index is 11.3. The van der Waals surface area contributed by atoms with Crippen molar-refractivity contribution in [1.29, 1.82) is 0 Å². The molecule has 1 aromatic carbocycles. The molecule has 0 aliphatic heterocycles. The molecule has 18 heavy (non-hydrogen) atoms. The smallest absolute Gasteiger partial charge is 0.257 e. The van der Waals surface area contributed by atoms with Gasteiger partial charge in [0.2, 0.25) is 5.91 Å². The molecule has 0 saturated heterocycles. The topological polar surface area (TPSA) is 67.4 Å². The summed E-state index contributed by atoms with van der Waals surface area (Å²) in [5.41, 5.74) is 0.647. The zero-order valence-corrected chi connectivity index (χ0v) is 10.7. The molecule has 0 aliphatic carbocycles. The van der Waals surface area contributed by atoms with Gasteiger partial charge in [-0.2, -0.15) is 0 Å². The largest absolute Gasteiger partial charge is 0.484 e. The Balaban J connectivity index is 2.47. The molecule has 5 nitrogen and oxygen atoms in total. The molecule has 0 radical (unpaired) electrons. The third-order valence-electron chi connectivity index (χ3n) is 2.10. The standard InChI is InChI=1S/C13H18N2O3/c1-3-7-14-13(17)9-18-12-6-4-5-11(8-12)15-10(2)16/h4-6,8H,3,7,9H2,1-2H3,(H,14,17)(H,15,16). The van der Waals surface area contributed by atoms with Crippen LogP contribution >= 0.6 is 0 Å². The normalized spacial score (nSPS) is 9.67. The van der Waals surface area contributed by atoms with Gasteiger partial charge in [0.1, 0.15) is 5.75 Å². The summed E-state index contributed by atoms with van der Waals surface area (Å²) in [6.07, 6.45) is 0.893. The highest BCUT2D eigenvalue weighted by molar-refractivity contribution is 5.88. The summed E-state index contributed by atoms with van der Waals surface area (Å²) in [6.45, 7) is 4.04. The monoisotopic (exact) mass is 250 g/mol. The first-order chi connectivity index (χ1) is 8.61. The highest BCUT2D eigenvalue weighted by atomic mass is 16.5. The van der Waals surface area contributed by atoms with Crippen LogP contribution in [0.3, 0.4) is 0 Å². The molecule has 0 saturated carbocycles. The molecule has 0 unspecified atom stereocenters. The van der Waals surface area contributed by atoms with Crippen molar-refractivity contribution in [2.24, 2.45) is 0 Å². The predicted molar refractivity (Wildman–Crippen MR) is 69.5 cm³/mol. The van der Waals surface area contributed by atoms with Crippen molar-refractivity contribution in [3.8, 4) is 5.75 Å². The number of benzene rings is 1. The van der Waals surface area contributed by atoms with E-state index in [4.69, 9.17) is 4.74 Å². The second-order valence-electron chi connectivity index (χ2n) is 3.85. The van der Waals surface area contributed by atoms with Crippen molar-refractivity contribution in [1.82, 2.24) is 5.32 Å². The van der Waals surface area contributed by atoms with Gasteiger partial charge >= 0.3 is 0 Å². The Kier molecular flexibility index (Phi) is 5.70. The van der Waals surface area contributed by atoms with E-state index >= 15 is 0 Å². The number of carbonyl (C=O) groups excluding carboxylic acids is 2. The van der Waals surface area contributed by atoms with E-state index in [-0.39, 0.29) is 18.4 Å². The number of hydrogen-bond acceptors (Lipinski definition) is 3. The molecule has 2 amide bonds. The lowest BCUT2D eigenvalue weighted by Gasteiger charge is -2.08. The fraction of sp³-hybridized carbons (Fsp3) is 0.385. The number of ether oxygens (including phenoxy) is 1. The molecule has 5 heteroatoms. The van der Waals surface area contributed by atoms with Crippen molar-refractivity contribution in [3.05, 3.63) is 24.3 Å². The molecule has 0 bridgehead atoms. The molecule has 2 N–H and O–H groups in total. The maximum Gasteiger partial charge on any atom is 0.257 e. The number of rotatable bonds is 6. The van der Waals surface area contributed by atoms with Crippen molar-refractivity contribution in [2.75, 3.05) is 18.5 Å². The van der Waals surface area contributed by atoms with Crippen LogP contribution in [0.4, 0.5) is 5.69 Å². The zero-order valence-electron chi connectivity index (χ0n) is 10.7. The summed E-state index contributed by atoms with van der Waals surface area (Å²) >= 11 is 0. The van der Waals surface area contributed by atoms with Crippen molar-refractivity contribution in [3.63, 3.8) is 0 Å². The van der Waals surface area contributed by atoms with E-state index in [1.807, 2.05) is 6.92 Å². The number of amides is 2. The van der Waals surface area contributed by atoms with Crippen LogP contribution in [-0.2, 0) is 9.59 Å². The van der Waals surface area contributed by atoms with Crippen LogP contribution in [0, 0.1) is 0 Å². The zero-order chi connectivity index (χ0) is 13.4. The summed E-state index contributed by atoms with van der Waals surface area (Å²) in [5, 5.41) is 5.36. The van der Waals surface area contributed by atoms with Gasteiger partial charge in [0, 0.05) is 25.2 Å². The summed E-state index contributed by atoms with van der Waals surface area (Å²) in [7, 11) is 0. The van der Waals surface area contributed by atoms with Gasteiger partial charge in [-0.15, -0.1) is 0 Å². The third kappa shape index (κ3) is 5.34. The molecule has 0 aliphatic rings. The summed E-state index contributed by atoms with van der Waals surface area (Å²) in [4.78, 5) is 22.2. The van der Waals surface area contributed by atoms with E-state index < -0.39 is 0 Å². The van der Waals surface area contributed by atoms with Crippen LogP contribution < -0.4 is 15.4 Å². The second-order valence-corrected chi connectivity index (χ2v) is 3.85. The van der Waals surface area contributed by atoms with Crippen LogP contribution in [0.2, 0.25) is 0 Å². The predicted octanol–water partition coefficient (Wildman–Crippen LogP) is 1.55. The fourth-order valence-electron chi connectivity index (χ4n) is 1.33. The Morgan fingerprint density at radius 2 is 2.11 bits per heavy atom. The third-order valence-corrected chi connectivity index (χ3v) is 2.10. The number of nitrogens with one attached hydrogen (secondary N) is 2. The van der Waals surface area contributed by atoms with Gasteiger partial charge in [0.05, 0.1) is 0 Å². The van der Waals surface area contributed by atoms with Crippen LogP contribution in [0.25, 0.3) is 0 Å². The molecular formula is C13H18N2O3. The molecule has 0 atom stereocenters. The molecule has 1 rings (SSSR count). The van der Waals surface area contributed by atoms with E-state index in [2.05, 4.69) is 10.6 Å². The minimum atomic E-state index is -0.151. The number of hydrogen-bond donors (Lipinski definition) is 2. The Hall–Kier alpha value is -2.04. The van der Waals surface area contributed by atoms with Crippen LogP contribution in [0.5, 0.6) is 5.75 Å². The molecule has 0 aromatic heterocycles. The van der Waals surface area contributed by atoms with Crippen molar-refractivity contribution in [2.45, 2.75) is 20.3 Å². The Bertz CT molecular complexity index is 418. The van der Waals surface area contributed by atoms with Crippen LogP contribution in [-0.4, -0.2) is 25.0 Å². The average Bonchev–Trinajstić information content (AvgIpc) is 2.33. The molecule has 98 valence electrons. The minimum Gasteiger partial charge on any atom is -0.484 e. The van der Waals surface area contributed by atoms with Gasteiger partial charge in [0.15, 0.2) is 6.61 Å². The SMILES string of the molecule is CCCNC(=O)COc1cccc(NC(C)=O)c1. The molecule has 0 heterocycles. The Morgan fingerprint density at radius 3 is 2.78 bits per heavy atom. The maximum atomic E-state index is 11.3. The molecular weight excluding hydrogens is 232 g/mol. The Morgan fingerprint density at radius 1 is 1.33 bits per heavy atom. The first-order valence-corrected chi connectivity index (χ1v) is 5.89. The highest BCUT2D eigenvalue weighted by Gasteiger charge is 2.02. The van der Waals surface area contributed by atoms with Gasteiger partial charge in [-0.1, -0.05) is 13.0 Å². The first-order valence-electron chi connectivity index (χ1n) is 5.89. The molecule has 1 aromatic rings. The fourth-order valence-corrected chi connectivity index (χ4v) is 1.33. The summed E-state index contributed by atoms with van der Waals surface area (Å²) in [6, 6.07) is 6.92. The summed E-state index contributed by atoms with van der Waals surface area (Å²) < 4.78 is 5.32. The van der Waals surface area contributed by atoms with E-state index in [0.29, 0.717) is 18.0 Å². The van der Waals surface area contributed by atoms with E-state index in [9.17, 15) is 9.59 Å². The van der Waals surface area contributed by atoms with Gasteiger partial charge in [-0.05, 0) is 18.6 Å². The average molecular weight is 250 g/mol. The second kappa shape index (κ2) is 7.32. The van der Waals surface area contributed by atoms with Crippen molar-refractivity contribution < 1.29 is 14.3 Å². The van der Waals surface area contributed by atoms with E-state index in [0.717, 1.165) is 6.42 Å². The summed E-state index contributed by atoms with van der Waals surface area (Å²) in [5.74, 6) is 0.252. The Labute approximate surface area is 107 Å². The van der Waals surface area contributed by atoms with Gasteiger partial charge in [-0.3, -0.25) is 9.59 Å². The number of anilines is 1. The van der Waals surface area contributed by atoms with Gasteiger partial charge in [0.25, 0.3) is 5.91 Å². The number of carbonyl (C=O) groups is 2. The molecule has 0 fully saturated rings. The van der Waals surface area contributed by atoms with Crippen molar-refractivity contribution >= 4 is 17.5 Å². The first kappa shape index (κ1) is 14.0. The molecule has 0 spiro atoms. The van der Waals surface area contributed by atoms with Crippen LogP contribution in [0.15, 0.2) is 24.3 Å². The lowest BCUT2D eigenvalue weighted by molar-refractivity contribution is -0.123.